The summed E-state index contributed by atoms with van der Waals surface area (Å²) < 4.78 is 12.3. The van der Waals surface area contributed by atoms with E-state index in [2.05, 4.69) is 53.5 Å². The summed E-state index contributed by atoms with van der Waals surface area (Å²) in [6.45, 7) is 9.70. The molecule has 2 aromatic heterocycles. The van der Waals surface area contributed by atoms with E-state index in [4.69, 9.17) is 14.6 Å². The minimum Gasteiger partial charge on any atom is -0.481 e. The second-order valence-electron chi connectivity index (χ2n) is 14.0. The number of carbonyl (C=O) groups excluding carboxylic acids is 2. The van der Waals surface area contributed by atoms with Crippen LogP contribution in [0.25, 0.3) is 5.69 Å². The van der Waals surface area contributed by atoms with Gasteiger partial charge in [0.15, 0.2) is 5.16 Å². The number of ether oxygens (including phenoxy) is 2. The fourth-order valence-corrected chi connectivity index (χ4v) is 6.92. The normalized spacial score (nSPS) is 13.5. The zero-order chi connectivity index (χ0) is 36.8. The van der Waals surface area contributed by atoms with Crippen LogP contribution < -0.4 is 20.1 Å². The Morgan fingerprint density at radius 1 is 0.865 bits per heavy atom. The van der Waals surface area contributed by atoms with Crippen LogP contribution in [0.2, 0.25) is 0 Å². The van der Waals surface area contributed by atoms with E-state index < -0.39 is 0 Å². The van der Waals surface area contributed by atoms with Gasteiger partial charge in [-0.05, 0) is 85.8 Å². The van der Waals surface area contributed by atoms with E-state index in [0.717, 1.165) is 41.1 Å². The third-order valence-electron chi connectivity index (χ3n) is 9.03. The maximum Gasteiger partial charge on any atom is 0.324 e. The van der Waals surface area contributed by atoms with Gasteiger partial charge in [-0.25, -0.2) is 9.48 Å². The number of hydrogen-bond acceptors (Lipinski definition) is 8. The van der Waals surface area contributed by atoms with Crippen molar-refractivity contribution in [1.29, 1.82) is 0 Å². The number of nitrogens with one attached hydrogen (secondary N) is 2. The first-order valence-corrected chi connectivity index (χ1v) is 18.2. The van der Waals surface area contributed by atoms with Gasteiger partial charge in [0, 0.05) is 35.2 Å². The summed E-state index contributed by atoms with van der Waals surface area (Å²) in [7, 11) is 3.08. The van der Waals surface area contributed by atoms with E-state index in [-0.39, 0.29) is 17.4 Å². The molecule has 12 heteroatoms. The number of aromatic nitrogens is 4. The van der Waals surface area contributed by atoms with Crippen molar-refractivity contribution in [2.24, 2.45) is 5.92 Å². The summed E-state index contributed by atoms with van der Waals surface area (Å²) in [6, 6.07) is 26.8. The van der Waals surface area contributed by atoms with Gasteiger partial charge in [0.25, 0.3) is 5.91 Å². The lowest BCUT2D eigenvalue weighted by molar-refractivity contribution is 0.0687. The molecule has 270 valence electrons. The predicted molar refractivity (Wildman–Crippen MR) is 204 cm³/mol. The number of benzene rings is 3. The first kappa shape index (κ1) is 36.4. The number of nitrogens with zero attached hydrogens (tertiary/aromatic N) is 5. The van der Waals surface area contributed by atoms with Gasteiger partial charge >= 0.3 is 6.03 Å². The molecule has 3 amide bonds. The van der Waals surface area contributed by atoms with E-state index in [1.807, 2.05) is 78.6 Å². The van der Waals surface area contributed by atoms with E-state index >= 15 is 0 Å². The molecule has 0 radical (unpaired) electrons. The largest absolute Gasteiger partial charge is 0.481 e. The van der Waals surface area contributed by atoms with Gasteiger partial charge in [-0.3, -0.25) is 10.1 Å². The van der Waals surface area contributed by atoms with Gasteiger partial charge in [-0.1, -0.05) is 62.7 Å². The Morgan fingerprint density at radius 3 is 2.15 bits per heavy atom. The Kier molecular flexibility index (Phi) is 11.1. The van der Waals surface area contributed by atoms with Crippen LogP contribution >= 0.6 is 11.8 Å². The van der Waals surface area contributed by atoms with Crippen LogP contribution in [0.3, 0.4) is 0 Å². The van der Waals surface area contributed by atoms with Gasteiger partial charge in [-0.2, -0.15) is 15.1 Å². The SMILES string of the molecule is COc1cc(OC)nc(Sc2ccccc2C(=O)N2CCC(Cc3ccc(NC(=O)Nc4cc(C(C)(C)C)nn4-c4ccc(C)cc4)cc3)CC2)n1. The summed E-state index contributed by atoms with van der Waals surface area (Å²) in [6.07, 6.45) is 2.72. The van der Waals surface area contributed by atoms with Gasteiger partial charge in [-0.15, -0.1) is 0 Å². The van der Waals surface area contributed by atoms with Crippen LogP contribution in [0.1, 0.15) is 60.8 Å². The van der Waals surface area contributed by atoms with Gasteiger partial charge in [0.05, 0.1) is 37.2 Å². The highest BCUT2D eigenvalue weighted by Gasteiger charge is 2.26. The summed E-state index contributed by atoms with van der Waals surface area (Å²) >= 11 is 1.31. The van der Waals surface area contributed by atoms with Crippen LogP contribution in [0.15, 0.2) is 95.0 Å². The molecule has 0 atom stereocenters. The number of aryl methyl sites for hydroxylation is 1. The molecule has 0 saturated carbocycles. The molecule has 1 saturated heterocycles. The smallest absolute Gasteiger partial charge is 0.324 e. The molecule has 52 heavy (non-hydrogen) atoms. The summed E-state index contributed by atoms with van der Waals surface area (Å²) in [5, 5.41) is 11.2. The van der Waals surface area contributed by atoms with Crippen LogP contribution in [-0.2, 0) is 11.8 Å². The fourth-order valence-electron chi connectivity index (χ4n) is 6.04. The average Bonchev–Trinajstić information content (AvgIpc) is 3.57. The highest BCUT2D eigenvalue weighted by Crippen LogP contribution is 2.33. The van der Waals surface area contributed by atoms with Crippen LogP contribution in [0.4, 0.5) is 16.3 Å². The number of likely N-dealkylation sites (tertiary alicyclic amines) is 1. The standard InChI is InChI=1S/C40H45N7O4S/c1-26-11-17-30(18-12-26)47-34(24-33(45-47)40(2,3)4)42-38(49)41-29-15-13-27(14-16-29)23-28-19-21-46(22-20-28)37(48)31-9-7-8-10-32(31)52-39-43-35(50-5)25-36(44-39)51-6/h7-18,24-25,28H,19-23H2,1-6H3,(H2,41,42,49). The maximum atomic E-state index is 13.7. The lowest BCUT2D eigenvalue weighted by atomic mass is 9.90. The molecule has 11 nitrogen and oxygen atoms in total. The van der Waals surface area contributed by atoms with E-state index in [9.17, 15) is 9.59 Å². The van der Waals surface area contributed by atoms with Crippen molar-refractivity contribution >= 4 is 35.2 Å². The van der Waals surface area contributed by atoms with Crippen molar-refractivity contribution in [2.75, 3.05) is 37.9 Å². The van der Waals surface area contributed by atoms with Crippen molar-refractivity contribution in [3.63, 3.8) is 0 Å². The lowest BCUT2D eigenvalue weighted by Crippen LogP contribution is -2.39. The molecule has 3 heterocycles. The first-order chi connectivity index (χ1) is 25.0. The summed E-state index contributed by atoms with van der Waals surface area (Å²) in [4.78, 5) is 38.4. The quantitative estimate of drug-likeness (QED) is 0.139. The molecule has 1 aliphatic heterocycles. The van der Waals surface area contributed by atoms with E-state index in [0.29, 0.717) is 53.0 Å². The molecule has 6 rings (SSSR count). The fraction of sp³-hybridized carbons (Fsp3) is 0.325. The zero-order valence-electron chi connectivity index (χ0n) is 30.5. The van der Waals surface area contributed by atoms with Crippen molar-refractivity contribution in [3.8, 4) is 17.4 Å². The van der Waals surface area contributed by atoms with Crippen molar-refractivity contribution in [2.45, 2.75) is 62.4 Å². The molecule has 5 aromatic rings. The van der Waals surface area contributed by atoms with Crippen molar-refractivity contribution in [1.82, 2.24) is 24.6 Å². The Labute approximate surface area is 309 Å². The molecule has 3 aromatic carbocycles. The van der Waals surface area contributed by atoms with Gasteiger partial charge in [0.1, 0.15) is 5.82 Å². The first-order valence-electron chi connectivity index (χ1n) is 17.4. The Morgan fingerprint density at radius 2 is 1.52 bits per heavy atom. The molecule has 2 N–H and O–H groups in total. The lowest BCUT2D eigenvalue weighted by Gasteiger charge is -2.32. The predicted octanol–water partition coefficient (Wildman–Crippen LogP) is 8.18. The van der Waals surface area contributed by atoms with Gasteiger partial charge in [0.2, 0.25) is 11.8 Å². The summed E-state index contributed by atoms with van der Waals surface area (Å²) in [5.41, 5.74) is 5.25. The minimum absolute atomic E-state index is 0.00154. The molecular formula is C40H45N7O4S. The molecule has 0 bridgehead atoms. The third kappa shape index (κ3) is 8.92. The maximum absolute atomic E-state index is 13.7. The Hall–Kier alpha value is -5.36. The second-order valence-corrected chi connectivity index (χ2v) is 15.0. The Balaban J connectivity index is 1.03. The number of piperidine rings is 1. The number of anilines is 2. The molecule has 1 fully saturated rings. The van der Waals surface area contributed by atoms with Gasteiger partial charge < -0.3 is 19.7 Å². The topological polar surface area (TPSA) is 124 Å². The number of amides is 3. The summed E-state index contributed by atoms with van der Waals surface area (Å²) in [5.74, 6) is 1.84. The highest BCUT2D eigenvalue weighted by molar-refractivity contribution is 7.99. The van der Waals surface area contributed by atoms with E-state index in [1.165, 1.54) is 17.3 Å². The van der Waals surface area contributed by atoms with Crippen LogP contribution in [0.5, 0.6) is 11.8 Å². The highest BCUT2D eigenvalue weighted by atomic mass is 32.2. The number of rotatable bonds is 10. The minimum atomic E-state index is -0.339. The van der Waals surface area contributed by atoms with Crippen LogP contribution in [-0.4, -0.2) is 63.9 Å². The molecule has 0 unspecified atom stereocenters. The second kappa shape index (κ2) is 15.9. The van der Waals surface area contributed by atoms with E-state index in [1.54, 1.807) is 25.0 Å². The van der Waals surface area contributed by atoms with Crippen molar-refractivity contribution in [3.05, 3.63) is 107 Å². The number of methoxy groups -OCH3 is 2. The number of carbonyl (C=O) groups is 2. The Bertz CT molecular complexity index is 1990. The van der Waals surface area contributed by atoms with Crippen LogP contribution in [0, 0.1) is 12.8 Å². The molecule has 1 aliphatic rings. The van der Waals surface area contributed by atoms with Crippen molar-refractivity contribution < 1.29 is 19.1 Å². The number of urea groups is 1. The average molecular weight is 720 g/mol. The molecule has 0 spiro atoms. The zero-order valence-corrected chi connectivity index (χ0v) is 31.3. The third-order valence-corrected chi connectivity index (χ3v) is 9.97. The monoisotopic (exact) mass is 719 g/mol. The number of hydrogen-bond donors (Lipinski definition) is 2. The molecule has 0 aliphatic carbocycles. The molecular weight excluding hydrogens is 675 g/mol.